The lowest BCUT2D eigenvalue weighted by atomic mass is 10.4. The standard InChI is InChI=1S/C10H11N3OS/c1-7-9(14)13-10(12-7)15-6-8-4-2-3-5-11-8/h2-5,7H,6H2,1H3,(H,12,13,14). The summed E-state index contributed by atoms with van der Waals surface area (Å²) in [6.07, 6.45) is 1.76. The van der Waals surface area contributed by atoms with E-state index in [9.17, 15) is 4.79 Å². The van der Waals surface area contributed by atoms with E-state index in [-0.39, 0.29) is 11.9 Å². The second kappa shape index (κ2) is 4.44. The number of aliphatic imine (C=N–C) groups is 1. The van der Waals surface area contributed by atoms with Crippen molar-refractivity contribution in [2.24, 2.45) is 4.99 Å². The van der Waals surface area contributed by atoms with Crippen molar-refractivity contribution in [3.05, 3.63) is 30.1 Å². The lowest BCUT2D eigenvalue weighted by Crippen LogP contribution is -2.27. The molecule has 78 valence electrons. The Balaban J connectivity index is 1.90. The molecule has 2 rings (SSSR count). The Morgan fingerprint density at radius 1 is 1.53 bits per heavy atom. The number of aromatic nitrogens is 1. The molecular formula is C10H11N3OS. The summed E-state index contributed by atoms with van der Waals surface area (Å²) in [7, 11) is 0. The van der Waals surface area contributed by atoms with Crippen LogP contribution in [0.5, 0.6) is 0 Å². The van der Waals surface area contributed by atoms with Crippen molar-refractivity contribution >= 4 is 22.8 Å². The van der Waals surface area contributed by atoms with Crippen molar-refractivity contribution in [2.45, 2.75) is 18.7 Å². The molecule has 4 nitrogen and oxygen atoms in total. The highest BCUT2D eigenvalue weighted by Gasteiger charge is 2.21. The van der Waals surface area contributed by atoms with Crippen molar-refractivity contribution < 1.29 is 4.79 Å². The number of rotatable bonds is 2. The molecule has 0 aromatic carbocycles. The zero-order valence-corrected chi connectivity index (χ0v) is 9.12. The lowest BCUT2D eigenvalue weighted by Gasteiger charge is -2.03. The van der Waals surface area contributed by atoms with Gasteiger partial charge in [0.05, 0.1) is 5.69 Å². The van der Waals surface area contributed by atoms with Crippen LogP contribution in [0.3, 0.4) is 0 Å². The van der Waals surface area contributed by atoms with E-state index < -0.39 is 0 Å². The summed E-state index contributed by atoms with van der Waals surface area (Å²) in [6.45, 7) is 1.81. The van der Waals surface area contributed by atoms with Gasteiger partial charge in [-0.2, -0.15) is 4.99 Å². The van der Waals surface area contributed by atoms with Crippen LogP contribution >= 0.6 is 11.8 Å². The number of carbonyl (C=O) groups is 1. The minimum absolute atomic E-state index is 0.0986. The molecule has 0 aliphatic carbocycles. The number of hydrogen-bond acceptors (Lipinski definition) is 4. The minimum Gasteiger partial charge on any atom is -0.353 e. The molecule has 0 fully saturated rings. The van der Waals surface area contributed by atoms with Crippen LogP contribution in [0.4, 0.5) is 0 Å². The topological polar surface area (TPSA) is 54.4 Å². The third kappa shape index (κ3) is 2.56. The van der Waals surface area contributed by atoms with Crippen LogP contribution in [0.1, 0.15) is 12.6 Å². The highest BCUT2D eigenvalue weighted by atomic mass is 32.2. The summed E-state index contributed by atoms with van der Waals surface area (Å²) in [5, 5.41) is 3.70. The Morgan fingerprint density at radius 3 is 3.00 bits per heavy atom. The molecule has 0 radical (unpaired) electrons. The van der Waals surface area contributed by atoms with Gasteiger partial charge in [-0.1, -0.05) is 17.8 Å². The van der Waals surface area contributed by atoms with Crippen LogP contribution in [0.2, 0.25) is 0 Å². The Hall–Kier alpha value is -1.36. The first kappa shape index (κ1) is 10.2. The Morgan fingerprint density at radius 2 is 2.40 bits per heavy atom. The van der Waals surface area contributed by atoms with Gasteiger partial charge in [0.15, 0.2) is 5.17 Å². The monoisotopic (exact) mass is 221 g/mol. The van der Waals surface area contributed by atoms with Gasteiger partial charge in [0.1, 0.15) is 6.04 Å². The van der Waals surface area contributed by atoms with E-state index in [1.807, 2.05) is 18.2 Å². The fourth-order valence-corrected chi connectivity index (χ4v) is 2.05. The molecule has 15 heavy (non-hydrogen) atoms. The number of amides is 1. The summed E-state index contributed by atoms with van der Waals surface area (Å²) < 4.78 is 0. The second-order valence-electron chi connectivity index (χ2n) is 3.23. The van der Waals surface area contributed by atoms with Crippen molar-refractivity contribution in [1.29, 1.82) is 0 Å². The predicted molar refractivity (Wildman–Crippen MR) is 60.6 cm³/mol. The first-order valence-electron chi connectivity index (χ1n) is 4.67. The maximum Gasteiger partial charge on any atom is 0.270 e. The fourth-order valence-electron chi connectivity index (χ4n) is 1.18. The number of pyridine rings is 1. The Kier molecular flexibility index (Phi) is 3.01. The smallest absolute Gasteiger partial charge is 0.270 e. The molecule has 1 amide bonds. The van der Waals surface area contributed by atoms with Crippen LogP contribution in [0, 0.1) is 0 Å². The average molecular weight is 221 g/mol. The quantitative estimate of drug-likeness (QED) is 0.815. The van der Waals surface area contributed by atoms with E-state index in [0.29, 0.717) is 5.17 Å². The van der Waals surface area contributed by atoms with Crippen molar-refractivity contribution in [2.75, 3.05) is 0 Å². The second-order valence-corrected chi connectivity index (χ2v) is 4.20. The van der Waals surface area contributed by atoms with Gasteiger partial charge >= 0.3 is 0 Å². The number of amidine groups is 1. The molecule has 5 heteroatoms. The lowest BCUT2D eigenvalue weighted by molar-refractivity contribution is -0.118. The maximum absolute atomic E-state index is 11.1. The van der Waals surface area contributed by atoms with Gasteiger partial charge in [0.25, 0.3) is 5.91 Å². The molecule has 1 aromatic heterocycles. The number of nitrogens with zero attached hydrogens (tertiary/aromatic N) is 2. The fraction of sp³-hybridized carbons (Fsp3) is 0.300. The van der Waals surface area contributed by atoms with E-state index in [1.165, 1.54) is 11.8 Å². The summed E-state index contributed by atoms with van der Waals surface area (Å²) in [5.41, 5.74) is 0.985. The average Bonchev–Trinajstić information content (AvgIpc) is 2.57. The molecule has 1 unspecified atom stereocenters. The van der Waals surface area contributed by atoms with Gasteiger partial charge in [-0.25, -0.2) is 0 Å². The molecule has 1 aliphatic heterocycles. The molecule has 1 aliphatic rings. The summed E-state index contributed by atoms with van der Waals surface area (Å²) in [6, 6.07) is 5.59. The van der Waals surface area contributed by atoms with E-state index in [2.05, 4.69) is 15.3 Å². The van der Waals surface area contributed by atoms with Gasteiger partial charge in [-0.15, -0.1) is 0 Å². The van der Waals surface area contributed by atoms with Crippen molar-refractivity contribution in [3.8, 4) is 0 Å². The van der Waals surface area contributed by atoms with Crippen LogP contribution in [-0.2, 0) is 10.5 Å². The van der Waals surface area contributed by atoms with Gasteiger partial charge < -0.3 is 5.32 Å². The maximum atomic E-state index is 11.1. The molecule has 0 spiro atoms. The zero-order valence-electron chi connectivity index (χ0n) is 8.30. The van der Waals surface area contributed by atoms with Gasteiger partial charge in [0, 0.05) is 11.9 Å². The SMILES string of the molecule is CC1NC(SCc2ccccn2)=NC1=O. The normalized spacial score (nSPS) is 19.9. The van der Waals surface area contributed by atoms with Crippen LogP contribution in [0.15, 0.2) is 29.4 Å². The Labute approximate surface area is 92.2 Å². The third-order valence-corrected chi connectivity index (χ3v) is 2.93. The van der Waals surface area contributed by atoms with Gasteiger partial charge in [0.2, 0.25) is 0 Å². The first-order chi connectivity index (χ1) is 7.25. The largest absolute Gasteiger partial charge is 0.353 e. The highest BCUT2D eigenvalue weighted by Crippen LogP contribution is 2.14. The van der Waals surface area contributed by atoms with Gasteiger partial charge in [-0.3, -0.25) is 9.78 Å². The minimum atomic E-state index is -0.184. The molecule has 1 N–H and O–H groups in total. The van der Waals surface area contributed by atoms with Crippen LogP contribution < -0.4 is 5.32 Å². The number of thioether (sulfide) groups is 1. The Bertz CT molecular complexity index is 391. The predicted octanol–water partition coefficient (Wildman–Crippen LogP) is 1.19. The first-order valence-corrected chi connectivity index (χ1v) is 5.66. The zero-order chi connectivity index (χ0) is 10.7. The molecule has 0 saturated heterocycles. The number of carbonyl (C=O) groups excluding carboxylic acids is 1. The van der Waals surface area contributed by atoms with Crippen LogP contribution in [0.25, 0.3) is 0 Å². The van der Waals surface area contributed by atoms with Crippen LogP contribution in [-0.4, -0.2) is 22.1 Å². The van der Waals surface area contributed by atoms with E-state index in [4.69, 9.17) is 0 Å². The third-order valence-electron chi connectivity index (χ3n) is 2.01. The van der Waals surface area contributed by atoms with E-state index >= 15 is 0 Å². The summed E-state index contributed by atoms with van der Waals surface area (Å²) in [4.78, 5) is 19.2. The molecule has 1 aromatic rings. The van der Waals surface area contributed by atoms with E-state index in [0.717, 1.165) is 11.4 Å². The van der Waals surface area contributed by atoms with E-state index in [1.54, 1.807) is 13.1 Å². The molecule has 0 saturated carbocycles. The van der Waals surface area contributed by atoms with Crippen molar-refractivity contribution in [1.82, 2.24) is 10.3 Å². The molecule has 2 heterocycles. The van der Waals surface area contributed by atoms with Crippen molar-refractivity contribution in [3.63, 3.8) is 0 Å². The number of hydrogen-bond donors (Lipinski definition) is 1. The highest BCUT2D eigenvalue weighted by molar-refractivity contribution is 8.13. The molecular weight excluding hydrogens is 210 g/mol. The summed E-state index contributed by atoms with van der Waals surface area (Å²) >= 11 is 1.50. The molecule has 1 atom stereocenters. The van der Waals surface area contributed by atoms with Gasteiger partial charge in [-0.05, 0) is 19.1 Å². The number of nitrogens with one attached hydrogen (secondary N) is 1. The summed E-state index contributed by atoms with van der Waals surface area (Å²) in [5.74, 6) is 0.630. The molecule has 0 bridgehead atoms.